The van der Waals surface area contributed by atoms with Crippen LogP contribution in [0.4, 0.5) is 5.69 Å². The maximum atomic E-state index is 12.5. The van der Waals surface area contributed by atoms with Gasteiger partial charge in [-0.3, -0.25) is 4.79 Å². The lowest BCUT2D eigenvalue weighted by atomic mass is 9.87. The number of rotatable bonds is 9. The van der Waals surface area contributed by atoms with Crippen LogP contribution in [0.15, 0.2) is 77.3 Å². The second kappa shape index (κ2) is 11.0. The highest BCUT2D eigenvalue weighted by atomic mass is 79.9. The van der Waals surface area contributed by atoms with Gasteiger partial charge in [0.2, 0.25) is 0 Å². The highest BCUT2D eigenvalue weighted by molar-refractivity contribution is 9.10. The fourth-order valence-electron chi connectivity index (χ4n) is 2.94. The molecule has 0 aromatic heterocycles. The van der Waals surface area contributed by atoms with Gasteiger partial charge in [-0.25, -0.2) is 0 Å². The average molecular weight is 498 g/mol. The number of hydrogen-bond acceptors (Lipinski definition) is 4. The third-order valence-electron chi connectivity index (χ3n) is 4.67. The molecule has 168 valence electrons. The Morgan fingerprint density at radius 2 is 1.53 bits per heavy atom. The van der Waals surface area contributed by atoms with Crippen molar-refractivity contribution in [3.05, 3.63) is 82.8 Å². The van der Waals surface area contributed by atoms with Gasteiger partial charge in [0, 0.05) is 0 Å². The summed E-state index contributed by atoms with van der Waals surface area (Å²) in [6.45, 7) is 7.08. The fourth-order valence-corrected chi connectivity index (χ4v) is 3.43. The molecule has 0 aliphatic heterocycles. The molecule has 0 fully saturated rings. The molecule has 0 saturated heterocycles. The van der Waals surface area contributed by atoms with Crippen LogP contribution in [0.2, 0.25) is 0 Å². The molecule has 0 radical (unpaired) electrons. The van der Waals surface area contributed by atoms with Gasteiger partial charge in [-0.1, -0.05) is 57.2 Å². The Hall–Kier alpha value is -2.99. The van der Waals surface area contributed by atoms with Crippen molar-refractivity contribution in [3.8, 4) is 17.2 Å². The van der Waals surface area contributed by atoms with Crippen molar-refractivity contribution in [1.29, 1.82) is 0 Å². The predicted molar refractivity (Wildman–Crippen MR) is 131 cm³/mol. The van der Waals surface area contributed by atoms with Crippen LogP contribution in [0.1, 0.15) is 26.3 Å². The quantitative estimate of drug-likeness (QED) is 0.356. The summed E-state index contributed by atoms with van der Waals surface area (Å²) in [5.41, 5.74) is 1.81. The SMILES string of the molecule is CC(C)(C)c1ccc(OCC(=O)Nc2ccccc2OCCOc2ccccc2)c(Br)c1. The molecule has 0 bridgehead atoms. The Labute approximate surface area is 197 Å². The van der Waals surface area contributed by atoms with E-state index in [-0.39, 0.29) is 17.9 Å². The topological polar surface area (TPSA) is 56.8 Å². The molecule has 1 amide bonds. The number of carbonyl (C=O) groups excluding carboxylic acids is 1. The Morgan fingerprint density at radius 3 is 2.25 bits per heavy atom. The Morgan fingerprint density at radius 1 is 0.844 bits per heavy atom. The number of para-hydroxylation sites is 3. The first kappa shape index (κ1) is 23.7. The second-order valence-corrected chi connectivity index (χ2v) is 9.09. The molecule has 0 unspecified atom stereocenters. The summed E-state index contributed by atoms with van der Waals surface area (Å²) >= 11 is 3.53. The third kappa shape index (κ3) is 7.02. The Bertz CT molecular complexity index is 1030. The second-order valence-electron chi connectivity index (χ2n) is 8.24. The van der Waals surface area contributed by atoms with Crippen LogP contribution in [0.25, 0.3) is 0 Å². The normalized spacial score (nSPS) is 11.0. The molecule has 5 nitrogen and oxygen atoms in total. The van der Waals surface area contributed by atoms with Crippen LogP contribution in [0.5, 0.6) is 17.2 Å². The van der Waals surface area contributed by atoms with Crippen molar-refractivity contribution in [2.45, 2.75) is 26.2 Å². The van der Waals surface area contributed by atoms with E-state index in [1.165, 1.54) is 5.56 Å². The van der Waals surface area contributed by atoms with E-state index in [0.717, 1.165) is 10.2 Å². The summed E-state index contributed by atoms with van der Waals surface area (Å²) in [6, 6.07) is 22.8. The fraction of sp³-hybridized carbons (Fsp3) is 0.269. The van der Waals surface area contributed by atoms with Crippen molar-refractivity contribution >= 4 is 27.5 Å². The van der Waals surface area contributed by atoms with E-state index in [2.05, 4.69) is 42.0 Å². The first-order valence-corrected chi connectivity index (χ1v) is 11.2. The summed E-state index contributed by atoms with van der Waals surface area (Å²) in [7, 11) is 0. The molecule has 0 atom stereocenters. The van der Waals surface area contributed by atoms with Gasteiger partial charge in [0.25, 0.3) is 5.91 Å². The lowest BCUT2D eigenvalue weighted by Gasteiger charge is -2.20. The molecule has 6 heteroatoms. The van der Waals surface area contributed by atoms with E-state index >= 15 is 0 Å². The molecule has 1 N–H and O–H groups in total. The number of amides is 1. The molecule has 0 aliphatic rings. The lowest BCUT2D eigenvalue weighted by molar-refractivity contribution is -0.118. The van der Waals surface area contributed by atoms with Crippen molar-refractivity contribution in [1.82, 2.24) is 0 Å². The molecule has 3 aromatic carbocycles. The summed E-state index contributed by atoms with van der Waals surface area (Å²) in [6.07, 6.45) is 0. The molecule has 3 aromatic rings. The first-order chi connectivity index (χ1) is 15.3. The standard InChI is InChI=1S/C26H28BrNO4/c1-26(2,3)19-13-14-23(21(27)17-19)32-18-25(29)28-22-11-7-8-12-24(22)31-16-15-30-20-9-5-4-6-10-20/h4-14,17H,15-16,18H2,1-3H3,(H,28,29). The van der Waals surface area contributed by atoms with Crippen LogP contribution >= 0.6 is 15.9 Å². The van der Waals surface area contributed by atoms with Gasteiger partial charge in [-0.05, 0) is 63.3 Å². The van der Waals surface area contributed by atoms with E-state index in [4.69, 9.17) is 14.2 Å². The summed E-state index contributed by atoms with van der Waals surface area (Å²) < 4.78 is 18.0. The average Bonchev–Trinajstić information content (AvgIpc) is 2.77. The number of carbonyl (C=O) groups is 1. The minimum absolute atomic E-state index is 0.0360. The molecule has 0 aliphatic carbocycles. The highest BCUT2D eigenvalue weighted by Gasteiger charge is 2.16. The number of ether oxygens (including phenoxy) is 3. The van der Waals surface area contributed by atoms with Gasteiger partial charge < -0.3 is 19.5 Å². The molecular weight excluding hydrogens is 470 g/mol. The molecule has 32 heavy (non-hydrogen) atoms. The van der Waals surface area contributed by atoms with Crippen molar-refractivity contribution < 1.29 is 19.0 Å². The maximum absolute atomic E-state index is 12.5. The number of halogens is 1. The number of nitrogens with one attached hydrogen (secondary N) is 1. The zero-order valence-electron chi connectivity index (χ0n) is 18.6. The van der Waals surface area contributed by atoms with Crippen LogP contribution in [-0.2, 0) is 10.2 Å². The van der Waals surface area contributed by atoms with E-state index < -0.39 is 0 Å². The van der Waals surface area contributed by atoms with E-state index in [1.54, 1.807) is 12.1 Å². The molecule has 0 heterocycles. The highest BCUT2D eigenvalue weighted by Crippen LogP contribution is 2.31. The summed E-state index contributed by atoms with van der Waals surface area (Å²) in [5.74, 6) is 1.72. The molecule has 0 spiro atoms. The van der Waals surface area contributed by atoms with Crippen LogP contribution in [0.3, 0.4) is 0 Å². The van der Waals surface area contributed by atoms with Gasteiger partial charge in [0.05, 0.1) is 10.2 Å². The zero-order valence-corrected chi connectivity index (χ0v) is 20.1. The van der Waals surface area contributed by atoms with Gasteiger partial charge in [0.15, 0.2) is 6.61 Å². The van der Waals surface area contributed by atoms with Gasteiger partial charge in [-0.15, -0.1) is 0 Å². The zero-order chi connectivity index (χ0) is 23.0. The van der Waals surface area contributed by atoms with Crippen LogP contribution in [-0.4, -0.2) is 25.7 Å². The van der Waals surface area contributed by atoms with Crippen LogP contribution in [0, 0.1) is 0 Å². The molecular formula is C26H28BrNO4. The monoisotopic (exact) mass is 497 g/mol. The van der Waals surface area contributed by atoms with Crippen LogP contribution < -0.4 is 19.5 Å². The Balaban J connectivity index is 1.51. The van der Waals surface area contributed by atoms with Gasteiger partial charge in [-0.2, -0.15) is 0 Å². The number of anilines is 1. The summed E-state index contributed by atoms with van der Waals surface area (Å²) in [4.78, 5) is 12.5. The van der Waals surface area contributed by atoms with E-state index in [1.807, 2.05) is 60.7 Å². The lowest BCUT2D eigenvalue weighted by Crippen LogP contribution is -2.21. The number of hydrogen-bond donors (Lipinski definition) is 1. The van der Waals surface area contributed by atoms with Gasteiger partial charge >= 0.3 is 0 Å². The molecule has 0 saturated carbocycles. The van der Waals surface area contributed by atoms with Crippen molar-refractivity contribution in [3.63, 3.8) is 0 Å². The number of benzene rings is 3. The van der Waals surface area contributed by atoms with E-state index in [0.29, 0.717) is 30.4 Å². The van der Waals surface area contributed by atoms with E-state index in [9.17, 15) is 4.79 Å². The largest absolute Gasteiger partial charge is 0.490 e. The van der Waals surface area contributed by atoms with Gasteiger partial charge in [0.1, 0.15) is 30.5 Å². The summed E-state index contributed by atoms with van der Waals surface area (Å²) in [5, 5.41) is 2.85. The van der Waals surface area contributed by atoms with Crippen molar-refractivity contribution in [2.24, 2.45) is 0 Å². The first-order valence-electron chi connectivity index (χ1n) is 10.5. The minimum atomic E-state index is -0.270. The smallest absolute Gasteiger partial charge is 0.262 e. The minimum Gasteiger partial charge on any atom is -0.490 e. The predicted octanol–water partition coefficient (Wildman–Crippen LogP) is 6.22. The van der Waals surface area contributed by atoms with Crippen molar-refractivity contribution in [2.75, 3.05) is 25.1 Å². The maximum Gasteiger partial charge on any atom is 0.262 e. The third-order valence-corrected chi connectivity index (χ3v) is 5.29. The Kier molecular flexibility index (Phi) is 8.17. The molecule has 3 rings (SSSR count).